The van der Waals surface area contributed by atoms with Crippen molar-refractivity contribution < 1.29 is 18.3 Å². The highest BCUT2D eigenvalue weighted by atomic mass is 19.3. The summed E-state index contributed by atoms with van der Waals surface area (Å²) in [4.78, 5) is 1.89. The van der Waals surface area contributed by atoms with Crippen molar-refractivity contribution in [1.29, 1.82) is 0 Å². The molecule has 100 valence electrons. The number of rotatable bonds is 2. The van der Waals surface area contributed by atoms with Crippen LogP contribution in [0.4, 0.5) is 8.78 Å². The number of morpholine rings is 1. The Balaban J connectivity index is 0. The molecule has 1 saturated heterocycles. The molecule has 16 heavy (non-hydrogen) atoms. The molecular weight excluding hydrogens is 216 g/mol. The maximum atomic E-state index is 12.3. The maximum absolute atomic E-state index is 12.3. The van der Waals surface area contributed by atoms with E-state index in [9.17, 15) is 8.78 Å². The van der Waals surface area contributed by atoms with Crippen LogP contribution >= 0.6 is 0 Å². The van der Waals surface area contributed by atoms with E-state index in [1.165, 1.54) is 0 Å². The molecule has 1 heterocycles. The third-order valence-corrected chi connectivity index (χ3v) is 1.58. The molecule has 0 aromatic rings. The van der Waals surface area contributed by atoms with E-state index in [2.05, 4.69) is 4.74 Å². The highest BCUT2D eigenvalue weighted by Crippen LogP contribution is 2.18. The van der Waals surface area contributed by atoms with Gasteiger partial charge in [0.25, 0.3) is 0 Å². The SMILES string of the molecule is CC.CC.CN1CCOC(OC(C)(F)F)C1. The molecule has 0 N–H and O–H groups in total. The van der Waals surface area contributed by atoms with Crippen molar-refractivity contribution in [2.24, 2.45) is 0 Å². The second-order valence-electron chi connectivity index (χ2n) is 2.99. The number of hydrogen-bond acceptors (Lipinski definition) is 3. The van der Waals surface area contributed by atoms with Gasteiger partial charge in [-0.3, -0.25) is 9.64 Å². The molecule has 0 aromatic heterocycles. The van der Waals surface area contributed by atoms with Gasteiger partial charge < -0.3 is 4.74 Å². The molecule has 1 unspecified atom stereocenters. The molecule has 0 aliphatic carbocycles. The molecule has 0 spiro atoms. The minimum atomic E-state index is -3.11. The monoisotopic (exact) mass is 241 g/mol. The predicted octanol–water partition coefficient (Wildman–Crippen LogP) is 2.96. The van der Waals surface area contributed by atoms with Gasteiger partial charge in [0, 0.05) is 20.0 Å². The molecule has 0 bridgehead atoms. The molecule has 5 heteroatoms. The number of halogens is 2. The molecule has 0 saturated carbocycles. The highest BCUT2D eigenvalue weighted by Gasteiger charge is 2.30. The zero-order chi connectivity index (χ0) is 13.2. The van der Waals surface area contributed by atoms with E-state index in [-0.39, 0.29) is 0 Å². The van der Waals surface area contributed by atoms with Gasteiger partial charge in [0.1, 0.15) is 0 Å². The van der Waals surface area contributed by atoms with Gasteiger partial charge in [-0.05, 0) is 7.05 Å². The Morgan fingerprint density at radius 3 is 2.12 bits per heavy atom. The summed E-state index contributed by atoms with van der Waals surface area (Å²) in [6.07, 6.45) is -3.91. The molecule has 1 fully saturated rings. The predicted molar refractivity (Wildman–Crippen MR) is 61.6 cm³/mol. The lowest BCUT2D eigenvalue weighted by Gasteiger charge is -2.31. The van der Waals surface area contributed by atoms with Gasteiger partial charge in [-0.25, -0.2) is 0 Å². The molecule has 1 rings (SSSR count). The van der Waals surface area contributed by atoms with Crippen molar-refractivity contribution in [3.05, 3.63) is 0 Å². The number of hydrogen-bond donors (Lipinski definition) is 0. The maximum Gasteiger partial charge on any atom is 0.355 e. The first-order valence-electron chi connectivity index (χ1n) is 5.83. The molecule has 3 nitrogen and oxygen atoms in total. The van der Waals surface area contributed by atoms with Crippen molar-refractivity contribution in [2.45, 2.75) is 47.0 Å². The normalized spacial score (nSPS) is 21.4. The van der Waals surface area contributed by atoms with Gasteiger partial charge in [-0.1, -0.05) is 27.7 Å². The molecular formula is C11H25F2NO2. The smallest absolute Gasteiger partial charge is 0.350 e. The van der Waals surface area contributed by atoms with Crippen LogP contribution in [0.2, 0.25) is 0 Å². The second-order valence-corrected chi connectivity index (χ2v) is 2.99. The van der Waals surface area contributed by atoms with Gasteiger partial charge in [-0.2, -0.15) is 8.78 Å². The lowest BCUT2D eigenvalue weighted by Crippen LogP contribution is -2.43. The van der Waals surface area contributed by atoms with Crippen LogP contribution in [-0.4, -0.2) is 44.0 Å². The van der Waals surface area contributed by atoms with Gasteiger partial charge >= 0.3 is 6.11 Å². The van der Waals surface area contributed by atoms with Crippen LogP contribution < -0.4 is 0 Å². The Kier molecular flexibility index (Phi) is 11.2. The van der Waals surface area contributed by atoms with Gasteiger partial charge in [0.05, 0.1) is 6.61 Å². The first-order valence-corrected chi connectivity index (χ1v) is 5.83. The van der Waals surface area contributed by atoms with E-state index in [1.807, 2.05) is 39.6 Å². The van der Waals surface area contributed by atoms with Crippen molar-refractivity contribution in [2.75, 3.05) is 26.7 Å². The Morgan fingerprint density at radius 1 is 1.25 bits per heavy atom. The standard InChI is InChI=1S/C7H13F2NO2.2C2H6/c1-7(8,9)12-6-5-10(2)3-4-11-6;2*1-2/h6H,3-5H2,1-2H3;2*1-2H3. The van der Waals surface area contributed by atoms with E-state index in [4.69, 9.17) is 4.74 Å². The molecule has 1 atom stereocenters. The van der Waals surface area contributed by atoms with Crippen LogP contribution in [0, 0.1) is 0 Å². The van der Waals surface area contributed by atoms with Gasteiger partial charge in [-0.15, -0.1) is 0 Å². The van der Waals surface area contributed by atoms with Crippen LogP contribution in [0.25, 0.3) is 0 Å². The first kappa shape index (κ1) is 18.1. The van der Waals surface area contributed by atoms with E-state index in [0.717, 1.165) is 6.54 Å². The largest absolute Gasteiger partial charge is 0.355 e. The first-order chi connectivity index (χ1) is 7.47. The number of ether oxygens (including phenoxy) is 2. The molecule has 1 aliphatic heterocycles. The number of alkyl halides is 2. The summed E-state index contributed by atoms with van der Waals surface area (Å²) in [5, 5.41) is 0. The average Bonchev–Trinajstić information content (AvgIpc) is 2.21. The summed E-state index contributed by atoms with van der Waals surface area (Å²) in [7, 11) is 1.84. The zero-order valence-electron chi connectivity index (χ0n) is 11.2. The summed E-state index contributed by atoms with van der Waals surface area (Å²) in [5.41, 5.74) is 0. The molecule has 0 radical (unpaired) electrons. The third kappa shape index (κ3) is 10.3. The second kappa shape index (κ2) is 9.93. The Morgan fingerprint density at radius 2 is 1.75 bits per heavy atom. The van der Waals surface area contributed by atoms with Crippen molar-refractivity contribution >= 4 is 0 Å². The van der Waals surface area contributed by atoms with Crippen LogP contribution in [0.5, 0.6) is 0 Å². The lowest BCUT2D eigenvalue weighted by molar-refractivity contribution is -0.316. The minimum Gasteiger partial charge on any atom is -0.350 e. The Labute approximate surface area is 97.7 Å². The van der Waals surface area contributed by atoms with Crippen LogP contribution in [0.1, 0.15) is 34.6 Å². The summed E-state index contributed by atoms with van der Waals surface area (Å²) in [6, 6.07) is 0. The van der Waals surface area contributed by atoms with Crippen molar-refractivity contribution in [3.8, 4) is 0 Å². The summed E-state index contributed by atoms with van der Waals surface area (Å²) < 4.78 is 34.0. The van der Waals surface area contributed by atoms with Crippen molar-refractivity contribution in [3.63, 3.8) is 0 Å². The van der Waals surface area contributed by atoms with Crippen LogP contribution in [0.3, 0.4) is 0 Å². The lowest BCUT2D eigenvalue weighted by atomic mass is 10.4. The fraction of sp³-hybridized carbons (Fsp3) is 1.00. The highest BCUT2D eigenvalue weighted by molar-refractivity contribution is 4.61. The van der Waals surface area contributed by atoms with Gasteiger partial charge in [0.15, 0.2) is 6.29 Å². The minimum absolute atomic E-state index is 0.392. The van der Waals surface area contributed by atoms with Gasteiger partial charge in [0.2, 0.25) is 0 Å². The number of nitrogens with zero attached hydrogens (tertiary/aromatic N) is 1. The quantitative estimate of drug-likeness (QED) is 0.742. The van der Waals surface area contributed by atoms with Crippen LogP contribution in [-0.2, 0) is 9.47 Å². The summed E-state index contributed by atoms with van der Waals surface area (Å²) in [5.74, 6) is 0. The fourth-order valence-electron chi connectivity index (χ4n) is 1.04. The summed E-state index contributed by atoms with van der Waals surface area (Å²) >= 11 is 0. The van der Waals surface area contributed by atoms with E-state index in [1.54, 1.807) is 0 Å². The zero-order valence-corrected chi connectivity index (χ0v) is 11.2. The fourth-order valence-corrected chi connectivity index (χ4v) is 1.04. The topological polar surface area (TPSA) is 21.7 Å². The Bertz CT molecular complexity index is 151. The third-order valence-electron chi connectivity index (χ3n) is 1.58. The van der Waals surface area contributed by atoms with Crippen LogP contribution in [0.15, 0.2) is 0 Å². The van der Waals surface area contributed by atoms with E-state index >= 15 is 0 Å². The molecule has 0 aromatic carbocycles. The average molecular weight is 241 g/mol. The van der Waals surface area contributed by atoms with E-state index < -0.39 is 12.4 Å². The van der Waals surface area contributed by atoms with E-state index in [0.29, 0.717) is 20.1 Å². The molecule has 0 amide bonds. The Hall–Kier alpha value is -0.260. The van der Waals surface area contributed by atoms with Crippen molar-refractivity contribution in [1.82, 2.24) is 4.90 Å². The molecule has 1 aliphatic rings. The summed E-state index contributed by atoms with van der Waals surface area (Å²) in [6.45, 7) is 10.3. The number of likely N-dealkylation sites (N-methyl/N-ethyl adjacent to an activating group) is 1.